The summed E-state index contributed by atoms with van der Waals surface area (Å²) in [6.07, 6.45) is 1.74. The first kappa shape index (κ1) is 20.2. The van der Waals surface area contributed by atoms with E-state index in [1.807, 2.05) is 18.2 Å². The number of amides is 1. The summed E-state index contributed by atoms with van der Waals surface area (Å²) in [7, 11) is 1.25. The van der Waals surface area contributed by atoms with Crippen LogP contribution in [0.15, 0.2) is 36.7 Å². The molecule has 9 heteroatoms. The molecule has 3 aliphatic rings. The van der Waals surface area contributed by atoms with Crippen LogP contribution in [0.4, 0.5) is 19.0 Å². The number of carbonyl (C=O) groups excluding carboxylic acids is 1. The maximum absolute atomic E-state index is 13.4. The van der Waals surface area contributed by atoms with Crippen molar-refractivity contribution in [2.24, 2.45) is 18.4 Å². The van der Waals surface area contributed by atoms with Crippen LogP contribution in [0.3, 0.4) is 0 Å². The molecule has 3 aliphatic carbocycles. The standard InChI is InChI=1S/C24H20F3N5O/c1-32-20(24(25,26)27)18(10-30-32)16-8-17(16)21(33)31-19-7-14-6-15(3-2-13(14)9-29-19)23(12-28)11-22(23)4-5-22/h2-3,6-7,9-10,16-17H,4-5,8,11H2,1H3,(H,29,31,33)/t16-,17-,23+/m0/s1. The van der Waals surface area contributed by atoms with Crippen molar-refractivity contribution in [3.63, 3.8) is 0 Å². The number of nitrogens with one attached hydrogen (secondary N) is 1. The van der Waals surface area contributed by atoms with Crippen LogP contribution in [0.1, 0.15) is 48.4 Å². The number of aryl methyl sites for hydroxylation is 1. The molecule has 2 heterocycles. The number of nitrogens with zero attached hydrogens (tertiary/aromatic N) is 4. The lowest BCUT2D eigenvalue weighted by atomic mass is 9.92. The Labute approximate surface area is 187 Å². The Bertz CT molecular complexity index is 1370. The zero-order chi connectivity index (χ0) is 23.2. The summed E-state index contributed by atoms with van der Waals surface area (Å²) in [6, 6.07) is 10.2. The molecule has 168 valence electrons. The molecule has 2 aromatic heterocycles. The highest BCUT2D eigenvalue weighted by molar-refractivity contribution is 5.96. The van der Waals surface area contributed by atoms with Crippen LogP contribution >= 0.6 is 0 Å². The number of fused-ring (bicyclic) bond motifs is 1. The Kier molecular flexibility index (Phi) is 3.88. The maximum atomic E-state index is 13.4. The number of carbonyl (C=O) groups is 1. The number of rotatable bonds is 4. The first-order valence-electron chi connectivity index (χ1n) is 10.9. The Hall–Kier alpha value is -3.41. The minimum Gasteiger partial charge on any atom is -0.310 e. The molecule has 3 atom stereocenters. The van der Waals surface area contributed by atoms with E-state index in [4.69, 9.17) is 0 Å². The van der Waals surface area contributed by atoms with E-state index < -0.39 is 29.1 Å². The van der Waals surface area contributed by atoms with E-state index in [1.54, 1.807) is 12.3 Å². The van der Waals surface area contributed by atoms with E-state index in [-0.39, 0.29) is 16.9 Å². The van der Waals surface area contributed by atoms with Gasteiger partial charge in [-0.15, -0.1) is 0 Å². The van der Waals surface area contributed by atoms with Crippen molar-refractivity contribution in [3.8, 4) is 6.07 Å². The SMILES string of the molecule is Cn1ncc([C@H]2C[C@@H]2C(=O)Nc2cc3cc([C@]4(C#N)CC45CC5)ccc3cn2)c1C(F)(F)F. The molecular weight excluding hydrogens is 431 g/mol. The summed E-state index contributed by atoms with van der Waals surface area (Å²) in [5, 5.41) is 18.1. The molecule has 1 spiro atoms. The lowest BCUT2D eigenvalue weighted by Gasteiger charge is -2.11. The topological polar surface area (TPSA) is 83.6 Å². The molecule has 1 amide bonds. The molecule has 0 unspecified atom stereocenters. The first-order chi connectivity index (χ1) is 15.7. The van der Waals surface area contributed by atoms with Crippen LogP contribution in [0.2, 0.25) is 0 Å². The Balaban J connectivity index is 1.22. The summed E-state index contributed by atoms with van der Waals surface area (Å²) in [5.41, 5.74) is -0.00515. The van der Waals surface area contributed by atoms with Crippen molar-refractivity contribution in [3.05, 3.63) is 53.5 Å². The fourth-order valence-electron chi connectivity index (χ4n) is 5.44. The van der Waals surface area contributed by atoms with Gasteiger partial charge in [-0.3, -0.25) is 9.48 Å². The molecule has 1 N–H and O–H groups in total. The zero-order valence-corrected chi connectivity index (χ0v) is 17.8. The Morgan fingerprint density at radius 2 is 2.03 bits per heavy atom. The second kappa shape index (κ2) is 6.34. The molecule has 0 saturated heterocycles. The van der Waals surface area contributed by atoms with Gasteiger partial charge in [0.05, 0.1) is 17.7 Å². The number of alkyl halides is 3. The summed E-state index contributed by atoms with van der Waals surface area (Å²) >= 11 is 0. The van der Waals surface area contributed by atoms with E-state index in [9.17, 15) is 23.2 Å². The zero-order valence-electron chi connectivity index (χ0n) is 17.8. The summed E-state index contributed by atoms with van der Waals surface area (Å²) in [5.74, 6) is -1.07. The number of hydrogen-bond acceptors (Lipinski definition) is 4. The minimum absolute atomic E-state index is 0.0569. The van der Waals surface area contributed by atoms with Gasteiger partial charge in [0, 0.05) is 30.1 Å². The van der Waals surface area contributed by atoms with E-state index in [0.717, 1.165) is 40.3 Å². The average molecular weight is 451 g/mol. The Morgan fingerprint density at radius 1 is 1.24 bits per heavy atom. The van der Waals surface area contributed by atoms with Crippen molar-refractivity contribution < 1.29 is 18.0 Å². The number of hydrogen-bond donors (Lipinski definition) is 1. The van der Waals surface area contributed by atoms with Gasteiger partial charge < -0.3 is 5.32 Å². The van der Waals surface area contributed by atoms with Gasteiger partial charge in [-0.2, -0.15) is 23.5 Å². The fourth-order valence-corrected chi connectivity index (χ4v) is 5.44. The third-order valence-electron chi connectivity index (χ3n) is 7.66. The van der Waals surface area contributed by atoms with Gasteiger partial charge in [-0.05, 0) is 60.1 Å². The van der Waals surface area contributed by atoms with Crippen LogP contribution in [0, 0.1) is 22.7 Å². The van der Waals surface area contributed by atoms with Crippen molar-refractivity contribution >= 4 is 22.5 Å². The number of nitriles is 1. The third kappa shape index (κ3) is 2.96. The van der Waals surface area contributed by atoms with E-state index in [0.29, 0.717) is 12.2 Å². The number of aromatic nitrogens is 3. The lowest BCUT2D eigenvalue weighted by Crippen LogP contribution is -2.17. The van der Waals surface area contributed by atoms with E-state index in [2.05, 4.69) is 21.5 Å². The largest absolute Gasteiger partial charge is 0.433 e. The maximum Gasteiger partial charge on any atom is 0.433 e. The lowest BCUT2D eigenvalue weighted by molar-refractivity contribution is -0.144. The molecule has 0 bridgehead atoms. The highest BCUT2D eigenvalue weighted by Crippen LogP contribution is 2.78. The monoisotopic (exact) mass is 451 g/mol. The number of anilines is 1. The van der Waals surface area contributed by atoms with Crippen molar-refractivity contribution in [2.75, 3.05) is 5.32 Å². The quantitative estimate of drug-likeness (QED) is 0.625. The van der Waals surface area contributed by atoms with Gasteiger partial charge in [-0.1, -0.05) is 12.1 Å². The molecule has 1 aromatic carbocycles. The summed E-state index contributed by atoms with van der Waals surface area (Å²) in [4.78, 5) is 17.0. The fraction of sp³-hybridized carbons (Fsp3) is 0.417. The molecule has 0 aliphatic heterocycles. The Morgan fingerprint density at radius 3 is 2.70 bits per heavy atom. The van der Waals surface area contributed by atoms with E-state index in [1.165, 1.54) is 13.2 Å². The summed E-state index contributed by atoms with van der Waals surface area (Å²) < 4.78 is 40.9. The second-order valence-electron chi connectivity index (χ2n) is 9.61. The van der Waals surface area contributed by atoms with Gasteiger partial charge in [0.25, 0.3) is 0 Å². The molecule has 3 saturated carbocycles. The highest BCUT2D eigenvalue weighted by Gasteiger charge is 2.75. The second-order valence-corrected chi connectivity index (χ2v) is 9.61. The predicted octanol–water partition coefficient (Wildman–Crippen LogP) is 4.67. The molecule has 33 heavy (non-hydrogen) atoms. The molecular formula is C24H20F3N5O. The van der Waals surface area contributed by atoms with Crippen LogP contribution in [-0.4, -0.2) is 20.7 Å². The van der Waals surface area contributed by atoms with Crippen molar-refractivity contribution in [2.45, 2.75) is 43.2 Å². The normalized spacial score (nSPS) is 26.8. The van der Waals surface area contributed by atoms with Gasteiger partial charge in [-0.25, -0.2) is 4.98 Å². The summed E-state index contributed by atoms with van der Waals surface area (Å²) in [6.45, 7) is 0. The molecule has 3 fully saturated rings. The van der Waals surface area contributed by atoms with Gasteiger partial charge in [0.1, 0.15) is 11.5 Å². The van der Waals surface area contributed by atoms with Gasteiger partial charge >= 0.3 is 6.18 Å². The minimum atomic E-state index is -4.52. The smallest absolute Gasteiger partial charge is 0.310 e. The molecule has 0 radical (unpaired) electrons. The number of pyridine rings is 1. The third-order valence-corrected chi connectivity index (χ3v) is 7.66. The average Bonchev–Trinajstić information content (AvgIpc) is 3.71. The van der Waals surface area contributed by atoms with Crippen LogP contribution < -0.4 is 5.32 Å². The van der Waals surface area contributed by atoms with Crippen molar-refractivity contribution in [1.82, 2.24) is 14.8 Å². The predicted molar refractivity (Wildman–Crippen MR) is 113 cm³/mol. The van der Waals surface area contributed by atoms with Crippen molar-refractivity contribution in [1.29, 1.82) is 5.26 Å². The molecule has 3 aromatic rings. The van der Waals surface area contributed by atoms with Gasteiger partial charge in [0.2, 0.25) is 5.91 Å². The van der Waals surface area contributed by atoms with E-state index >= 15 is 0 Å². The number of halogens is 3. The van der Waals surface area contributed by atoms with Crippen LogP contribution in [0.5, 0.6) is 0 Å². The first-order valence-corrected chi connectivity index (χ1v) is 10.9. The highest BCUT2D eigenvalue weighted by atomic mass is 19.4. The van der Waals surface area contributed by atoms with Gasteiger partial charge in [0.15, 0.2) is 0 Å². The number of benzene rings is 1. The van der Waals surface area contributed by atoms with Crippen LogP contribution in [0.25, 0.3) is 10.8 Å². The van der Waals surface area contributed by atoms with Crippen LogP contribution in [-0.2, 0) is 23.4 Å². The molecule has 6 rings (SSSR count). The molecule has 6 nitrogen and oxygen atoms in total.